The van der Waals surface area contributed by atoms with Crippen LogP contribution in [-0.2, 0) is 6.42 Å². The summed E-state index contributed by atoms with van der Waals surface area (Å²) >= 11 is 0. The molecule has 0 amide bonds. The summed E-state index contributed by atoms with van der Waals surface area (Å²) in [6.45, 7) is 8.96. The first-order chi connectivity index (χ1) is 6.65. The fourth-order valence-corrected chi connectivity index (χ4v) is 1.44. The SMILES string of the molecule is CCCCc1ncc(C(C)C(C)C)[nH]1. The third-order valence-corrected chi connectivity index (χ3v) is 2.91. The van der Waals surface area contributed by atoms with Gasteiger partial charge in [0.05, 0.1) is 0 Å². The Morgan fingerprint density at radius 1 is 1.36 bits per heavy atom. The maximum Gasteiger partial charge on any atom is 0.106 e. The van der Waals surface area contributed by atoms with Gasteiger partial charge in [0.15, 0.2) is 0 Å². The first-order valence-corrected chi connectivity index (χ1v) is 5.69. The van der Waals surface area contributed by atoms with E-state index in [0.717, 1.165) is 12.2 Å². The Labute approximate surface area is 87.1 Å². The topological polar surface area (TPSA) is 28.7 Å². The Hall–Kier alpha value is -0.790. The van der Waals surface area contributed by atoms with Crippen LogP contribution >= 0.6 is 0 Å². The molecule has 1 aromatic heterocycles. The summed E-state index contributed by atoms with van der Waals surface area (Å²) in [6, 6.07) is 0. The van der Waals surface area contributed by atoms with E-state index < -0.39 is 0 Å². The molecule has 0 aliphatic carbocycles. The van der Waals surface area contributed by atoms with Crippen molar-refractivity contribution in [2.75, 3.05) is 0 Å². The van der Waals surface area contributed by atoms with Crippen LogP contribution in [0.4, 0.5) is 0 Å². The van der Waals surface area contributed by atoms with Crippen molar-refractivity contribution in [3.8, 4) is 0 Å². The Balaban J connectivity index is 2.58. The van der Waals surface area contributed by atoms with E-state index in [9.17, 15) is 0 Å². The van der Waals surface area contributed by atoms with Gasteiger partial charge in [-0.25, -0.2) is 4.98 Å². The van der Waals surface area contributed by atoms with E-state index in [-0.39, 0.29) is 0 Å². The molecule has 80 valence electrons. The molecule has 0 aliphatic heterocycles. The molecule has 1 aromatic rings. The van der Waals surface area contributed by atoms with Gasteiger partial charge in [0.1, 0.15) is 5.82 Å². The predicted molar refractivity (Wildman–Crippen MR) is 60.5 cm³/mol. The lowest BCUT2D eigenvalue weighted by Crippen LogP contribution is -2.02. The normalized spacial score (nSPS) is 13.5. The van der Waals surface area contributed by atoms with Gasteiger partial charge in [-0.2, -0.15) is 0 Å². The molecule has 0 bridgehead atoms. The van der Waals surface area contributed by atoms with Gasteiger partial charge >= 0.3 is 0 Å². The van der Waals surface area contributed by atoms with Gasteiger partial charge in [-0.15, -0.1) is 0 Å². The molecular weight excluding hydrogens is 172 g/mol. The highest BCUT2D eigenvalue weighted by molar-refractivity contribution is 5.07. The van der Waals surface area contributed by atoms with E-state index in [1.807, 2.05) is 6.20 Å². The molecule has 2 heteroatoms. The van der Waals surface area contributed by atoms with E-state index >= 15 is 0 Å². The van der Waals surface area contributed by atoms with Crippen molar-refractivity contribution in [3.05, 3.63) is 17.7 Å². The summed E-state index contributed by atoms with van der Waals surface area (Å²) in [5, 5.41) is 0. The van der Waals surface area contributed by atoms with Crippen molar-refractivity contribution in [3.63, 3.8) is 0 Å². The number of nitrogens with one attached hydrogen (secondary N) is 1. The van der Waals surface area contributed by atoms with Gasteiger partial charge in [-0.3, -0.25) is 0 Å². The fraction of sp³-hybridized carbons (Fsp3) is 0.750. The molecule has 1 N–H and O–H groups in total. The average molecular weight is 194 g/mol. The molecule has 0 saturated heterocycles. The quantitative estimate of drug-likeness (QED) is 0.763. The zero-order chi connectivity index (χ0) is 10.6. The lowest BCUT2D eigenvalue weighted by atomic mass is 9.95. The van der Waals surface area contributed by atoms with Crippen molar-refractivity contribution in [1.29, 1.82) is 0 Å². The van der Waals surface area contributed by atoms with E-state index in [0.29, 0.717) is 11.8 Å². The van der Waals surface area contributed by atoms with E-state index in [4.69, 9.17) is 0 Å². The van der Waals surface area contributed by atoms with Crippen LogP contribution in [0.2, 0.25) is 0 Å². The first-order valence-electron chi connectivity index (χ1n) is 5.69. The number of hydrogen-bond acceptors (Lipinski definition) is 1. The van der Waals surface area contributed by atoms with Crippen molar-refractivity contribution in [2.24, 2.45) is 5.92 Å². The summed E-state index contributed by atoms with van der Waals surface area (Å²) in [6.07, 6.45) is 5.54. The Kier molecular flexibility index (Phi) is 4.18. The third-order valence-electron chi connectivity index (χ3n) is 2.91. The molecule has 14 heavy (non-hydrogen) atoms. The highest BCUT2D eigenvalue weighted by atomic mass is 14.9. The lowest BCUT2D eigenvalue weighted by molar-refractivity contribution is 0.524. The van der Waals surface area contributed by atoms with Gasteiger partial charge in [-0.1, -0.05) is 34.1 Å². The predicted octanol–water partition coefficient (Wildman–Crippen LogP) is 3.51. The molecular formula is C12H22N2. The fourth-order valence-electron chi connectivity index (χ4n) is 1.44. The van der Waals surface area contributed by atoms with Gasteiger partial charge in [0.2, 0.25) is 0 Å². The van der Waals surface area contributed by atoms with Crippen LogP contribution in [0.5, 0.6) is 0 Å². The van der Waals surface area contributed by atoms with Crippen LogP contribution in [0, 0.1) is 5.92 Å². The zero-order valence-electron chi connectivity index (χ0n) is 9.80. The minimum atomic E-state index is 0.581. The molecule has 0 fully saturated rings. The second-order valence-corrected chi connectivity index (χ2v) is 4.42. The summed E-state index contributed by atoms with van der Waals surface area (Å²) in [5.41, 5.74) is 1.28. The largest absolute Gasteiger partial charge is 0.346 e. The van der Waals surface area contributed by atoms with Crippen molar-refractivity contribution >= 4 is 0 Å². The zero-order valence-corrected chi connectivity index (χ0v) is 9.80. The van der Waals surface area contributed by atoms with Crippen LogP contribution in [0.1, 0.15) is 58.0 Å². The molecule has 0 spiro atoms. The molecule has 0 aromatic carbocycles. The molecule has 1 atom stereocenters. The van der Waals surface area contributed by atoms with Crippen molar-refractivity contribution in [2.45, 2.75) is 52.9 Å². The minimum absolute atomic E-state index is 0.581. The van der Waals surface area contributed by atoms with Crippen LogP contribution in [-0.4, -0.2) is 9.97 Å². The molecule has 1 heterocycles. The summed E-state index contributed by atoms with van der Waals surface area (Å²) in [4.78, 5) is 7.82. The monoisotopic (exact) mass is 194 g/mol. The van der Waals surface area contributed by atoms with E-state index in [1.54, 1.807) is 0 Å². The number of rotatable bonds is 5. The van der Waals surface area contributed by atoms with Gasteiger partial charge < -0.3 is 4.98 Å². The second kappa shape index (κ2) is 5.18. The van der Waals surface area contributed by atoms with Crippen LogP contribution < -0.4 is 0 Å². The van der Waals surface area contributed by atoms with E-state index in [2.05, 4.69) is 37.7 Å². The lowest BCUT2D eigenvalue weighted by Gasteiger charge is -2.12. The third kappa shape index (κ3) is 2.86. The number of aromatic nitrogens is 2. The van der Waals surface area contributed by atoms with Crippen molar-refractivity contribution < 1.29 is 0 Å². The number of hydrogen-bond donors (Lipinski definition) is 1. The first kappa shape index (κ1) is 11.3. The van der Waals surface area contributed by atoms with Gasteiger partial charge in [0.25, 0.3) is 0 Å². The molecule has 2 nitrogen and oxygen atoms in total. The number of aryl methyl sites for hydroxylation is 1. The Morgan fingerprint density at radius 3 is 2.64 bits per heavy atom. The highest BCUT2D eigenvalue weighted by Crippen LogP contribution is 2.21. The molecule has 1 unspecified atom stereocenters. The van der Waals surface area contributed by atoms with Crippen molar-refractivity contribution in [1.82, 2.24) is 9.97 Å². The number of unbranched alkanes of at least 4 members (excludes halogenated alkanes) is 1. The van der Waals surface area contributed by atoms with E-state index in [1.165, 1.54) is 18.5 Å². The van der Waals surface area contributed by atoms with Crippen LogP contribution in [0.25, 0.3) is 0 Å². The second-order valence-electron chi connectivity index (χ2n) is 4.42. The van der Waals surface area contributed by atoms with Crippen LogP contribution in [0.3, 0.4) is 0 Å². The van der Waals surface area contributed by atoms with Crippen LogP contribution in [0.15, 0.2) is 6.20 Å². The summed E-state index contributed by atoms with van der Waals surface area (Å²) in [5.74, 6) is 2.40. The number of H-pyrrole nitrogens is 1. The molecule has 0 aliphatic rings. The molecule has 0 saturated carbocycles. The number of imidazole rings is 1. The number of nitrogens with zero attached hydrogens (tertiary/aromatic N) is 1. The minimum Gasteiger partial charge on any atom is -0.346 e. The van der Waals surface area contributed by atoms with Gasteiger partial charge in [-0.05, 0) is 12.3 Å². The summed E-state index contributed by atoms with van der Waals surface area (Å²) in [7, 11) is 0. The Bertz CT molecular complexity index is 263. The standard InChI is InChI=1S/C12H22N2/c1-5-6-7-12-13-8-11(14-12)10(4)9(2)3/h8-10H,5-7H2,1-4H3,(H,13,14). The Morgan fingerprint density at radius 2 is 2.07 bits per heavy atom. The smallest absolute Gasteiger partial charge is 0.106 e. The number of aromatic amines is 1. The maximum absolute atomic E-state index is 4.40. The molecule has 0 radical (unpaired) electrons. The average Bonchev–Trinajstić information content (AvgIpc) is 2.61. The molecule has 1 rings (SSSR count). The maximum atomic E-state index is 4.40. The van der Waals surface area contributed by atoms with Gasteiger partial charge in [0, 0.05) is 24.2 Å². The summed E-state index contributed by atoms with van der Waals surface area (Å²) < 4.78 is 0. The highest BCUT2D eigenvalue weighted by Gasteiger charge is 2.12.